The average Bonchev–Trinajstić information content (AvgIpc) is 2.37. The molecule has 0 aromatic heterocycles. The Balaban J connectivity index is 4.17. The van der Waals surface area contributed by atoms with E-state index in [-0.39, 0.29) is 32.6 Å². The van der Waals surface area contributed by atoms with Crippen LogP contribution in [0.5, 0.6) is 0 Å². The van der Waals surface area contributed by atoms with E-state index in [4.69, 9.17) is 0 Å². The van der Waals surface area contributed by atoms with Crippen LogP contribution in [-0.4, -0.2) is 51.7 Å². The third-order valence-electron chi connectivity index (χ3n) is 6.23. The summed E-state index contributed by atoms with van der Waals surface area (Å²) < 4.78 is 8.56. The number of rotatable bonds is 0. The molecule has 0 bridgehead atoms. The van der Waals surface area contributed by atoms with Crippen LogP contribution in [0.1, 0.15) is 125 Å². The highest BCUT2D eigenvalue weighted by molar-refractivity contribution is 6.89. The van der Waals surface area contributed by atoms with Crippen LogP contribution in [0, 0.1) is 0 Å². The highest BCUT2D eigenvalue weighted by Gasteiger charge is 2.66. The first kappa shape index (κ1) is 28.1. The second-order valence-electron chi connectivity index (χ2n) is 16.0. The van der Waals surface area contributed by atoms with E-state index in [0.717, 1.165) is 0 Å². The summed E-state index contributed by atoms with van der Waals surface area (Å²) in [5.41, 5.74) is 0.100. The maximum absolute atomic E-state index is 2.85. The molecule has 1 aliphatic heterocycles. The molecule has 1 aliphatic rings. The van der Waals surface area contributed by atoms with Gasteiger partial charge in [-0.15, -0.1) is 0 Å². The van der Waals surface area contributed by atoms with Gasteiger partial charge in [-0.2, -0.15) is 0 Å². The summed E-state index contributed by atoms with van der Waals surface area (Å²) >= 11 is 0. The second-order valence-corrected chi connectivity index (χ2v) is 16.0. The van der Waals surface area contributed by atoms with Crippen LogP contribution in [0.25, 0.3) is 0 Å². The maximum Gasteiger partial charge on any atom is 0.296 e. The van der Waals surface area contributed by atoms with Gasteiger partial charge in [0.2, 0.25) is 0 Å². The Labute approximate surface area is 192 Å². The van der Waals surface area contributed by atoms with Crippen molar-refractivity contribution in [1.29, 1.82) is 0 Å². The Morgan fingerprint density at radius 1 is 0.300 bits per heavy atom. The van der Waals surface area contributed by atoms with E-state index in [9.17, 15) is 0 Å². The van der Waals surface area contributed by atoms with E-state index in [1.54, 1.807) is 0 Å². The third kappa shape index (κ3) is 5.70. The third-order valence-corrected chi connectivity index (χ3v) is 6.23. The zero-order chi connectivity index (χ0) is 24.5. The molecule has 0 aliphatic carbocycles. The average molecular weight is 417 g/mol. The number of hydrogen-bond acceptors (Lipinski definition) is 3. The Morgan fingerprint density at radius 3 is 0.500 bits per heavy atom. The van der Waals surface area contributed by atoms with Crippen LogP contribution < -0.4 is 0 Å². The first-order valence-corrected chi connectivity index (χ1v) is 12.1. The smallest absolute Gasteiger partial charge is 0.296 e. The summed E-state index contributed by atoms with van der Waals surface area (Å²) in [6, 6.07) is 0. The van der Waals surface area contributed by atoms with Gasteiger partial charge in [0, 0.05) is 0 Å². The van der Waals surface area contributed by atoms with E-state index in [1.165, 1.54) is 0 Å². The molecule has 0 atom stereocenters. The van der Waals surface area contributed by atoms with Gasteiger partial charge in [-0.1, -0.05) is 62.3 Å². The molecule has 0 radical (unpaired) electrons. The highest BCUT2D eigenvalue weighted by Crippen LogP contribution is 2.52. The molecule has 1 rings (SSSR count). The SMILES string of the molecule is CC(C)(C)B1N(C(C)(C)C)B(C(C)(C)C)N(C(C)(C)C)B(C(C)(C)C)N1C(C)(C)C. The molecule has 1 saturated heterocycles. The normalized spacial score (nSPS) is 20.4. The van der Waals surface area contributed by atoms with Crippen molar-refractivity contribution >= 4 is 20.9 Å². The quantitative estimate of drug-likeness (QED) is 0.387. The zero-order valence-electron chi connectivity index (χ0n) is 24.1. The fourth-order valence-electron chi connectivity index (χ4n) is 5.51. The summed E-state index contributed by atoms with van der Waals surface area (Å²) in [4.78, 5) is 0. The van der Waals surface area contributed by atoms with Gasteiger partial charge in [-0.3, -0.25) is 0 Å². The van der Waals surface area contributed by atoms with E-state index in [1.807, 2.05) is 0 Å². The first-order chi connectivity index (χ1) is 12.7. The van der Waals surface area contributed by atoms with Gasteiger partial charge in [-0.25, -0.2) is 0 Å². The van der Waals surface area contributed by atoms with Crippen LogP contribution in [0.3, 0.4) is 0 Å². The molecule has 0 spiro atoms. The Morgan fingerprint density at radius 2 is 0.433 bits per heavy atom. The van der Waals surface area contributed by atoms with Gasteiger partial charge >= 0.3 is 0 Å². The van der Waals surface area contributed by atoms with E-state index in [2.05, 4.69) is 139 Å². The van der Waals surface area contributed by atoms with E-state index >= 15 is 0 Å². The summed E-state index contributed by atoms with van der Waals surface area (Å²) in [5.74, 6) is 0. The zero-order valence-corrected chi connectivity index (χ0v) is 24.1. The summed E-state index contributed by atoms with van der Waals surface area (Å²) in [6.07, 6.45) is 0. The largest absolute Gasteiger partial charge is 0.352 e. The molecule has 3 nitrogen and oxygen atoms in total. The molecular weight excluding hydrogens is 363 g/mol. The van der Waals surface area contributed by atoms with Crippen molar-refractivity contribution in [3.05, 3.63) is 0 Å². The Bertz CT molecular complexity index is 441. The van der Waals surface area contributed by atoms with Crippen molar-refractivity contribution in [2.75, 3.05) is 0 Å². The van der Waals surface area contributed by atoms with Crippen molar-refractivity contribution in [3.63, 3.8) is 0 Å². The molecule has 0 N–H and O–H groups in total. The number of hydrogen-bond donors (Lipinski definition) is 0. The molecule has 1 fully saturated rings. The minimum absolute atomic E-state index is 0.0335. The second kappa shape index (κ2) is 7.84. The molecular formula is C24H54B3N3. The van der Waals surface area contributed by atoms with Gasteiger partial charge in [0.15, 0.2) is 0 Å². The van der Waals surface area contributed by atoms with Gasteiger partial charge in [0.25, 0.3) is 20.9 Å². The highest BCUT2D eigenvalue weighted by atomic mass is 15.4. The van der Waals surface area contributed by atoms with Gasteiger partial charge in [0.05, 0.1) is 0 Å². The maximum atomic E-state index is 2.85. The summed E-state index contributed by atoms with van der Waals surface area (Å²) in [5, 5.41) is 0.326. The summed E-state index contributed by atoms with van der Waals surface area (Å²) in [7, 11) is 0. The van der Waals surface area contributed by atoms with Crippen LogP contribution in [0.2, 0.25) is 15.9 Å². The lowest BCUT2D eigenvalue weighted by Crippen LogP contribution is -2.88. The lowest BCUT2D eigenvalue weighted by molar-refractivity contribution is 0.192. The van der Waals surface area contributed by atoms with E-state index < -0.39 is 0 Å². The van der Waals surface area contributed by atoms with Gasteiger partial charge < -0.3 is 14.2 Å². The van der Waals surface area contributed by atoms with Crippen molar-refractivity contribution in [2.45, 2.75) is 157 Å². The fourth-order valence-corrected chi connectivity index (χ4v) is 5.51. The molecule has 0 unspecified atom stereocenters. The van der Waals surface area contributed by atoms with Crippen molar-refractivity contribution < 1.29 is 0 Å². The van der Waals surface area contributed by atoms with Gasteiger partial charge in [0.1, 0.15) is 0 Å². The predicted octanol–water partition coefficient (Wildman–Crippen LogP) is 7.17. The lowest BCUT2D eigenvalue weighted by Gasteiger charge is -2.70. The molecule has 6 heteroatoms. The molecule has 0 aromatic rings. The fraction of sp³-hybridized carbons (Fsp3) is 1.00. The van der Waals surface area contributed by atoms with Crippen molar-refractivity contribution in [1.82, 2.24) is 14.2 Å². The Hall–Kier alpha value is 0.0748. The van der Waals surface area contributed by atoms with Gasteiger partial charge in [-0.05, 0) is 94.9 Å². The lowest BCUT2D eigenvalue weighted by atomic mass is 9.25. The van der Waals surface area contributed by atoms with E-state index in [0.29, 0.717) is 20.9 Å². The molecule has 30 heavy (non-hydrogen) atoms. The topological polar surface area (TPSA) is 9.72 Å². The van der Waals surface area contributed by atoms with Crippen molar-refractivity contribution in [3.8, 4) is 0 Å². The standard InChI is InChI=1S/C24H54B3N3/c1-19(2,3)25-28(22(10,11)12)26(20(4,5)6)30(24(16,17)18)27(21(7,8)9)29(25)23(13,14)15/h1-18H3. The van der Waals surface area contributed by atoms with Crippen LogP contribution >= 0.6 is 0 Å². The number of nitrogens with zero attached hydrogens (tertiary/aromatic N) is 3. The Kier molecular flexibility index (Phi) is 7.34. The van der Waals surface area contributed by atoms with Crippen LogP contribution in [0.15, 0.2) is 0 Å². The minimum atomic E-state index is 0.0335. The molecule has 0 amide bonds. The summed E-state index contributed by atoms with van der Waals surface area (Å²) in [6.45, 7) is 44.5. The molecule has 1 heterocycles. The van der Waals surface area contributed by atoms with Crippen molar-refractivity contribution in [2.24, 2.45) is 0 Å². The predicted molar refractivity (Wildman–Crippen MR) is 141 cm³/mol. The molecule has 0 saturated carbocycles. The molecule has 0 aromatic carbocycles. The monoisotopic (exact) mass is 417 g/mol. The molecule has 174 valence electrons. The minimum Gasteiger partial charge on any atom is -0.352 e. The first-order valence-electron chi connectivity index (χ1n) is 12.1. The van der Waals surface area contributed by atoms with Crippen LogP contribution in [0.4, 0.5) is 0 Å². The van der Waals surface area contributed by atoms with Crippen LogP contribution in [-0.2, 0) is 0 Å².